The zero-order chi connectivity index (χ0) is 18.8. The average molecular weight is 357 g/mol. The van der Waals surface area contributed by atoms with Crippen LogP contribution in [0.25, 0.3) is 22.0 Å². The van der Waals surface area contributed by atoms with Gasteiger partial charge in [0.15, 0.2) is 0 Å². The normalized spacial score (nSPS) is 10.7. The number of benzene rings is 2. The molecule has 0 spiro atoms. The highest BCUT2D eigenvalue weighted by molar-refractivity contribution is 6.06. The minimum atomic E-state index is -0.251. The summed E-state index contributed by atoms with van der Waals surface area (Å²) >= 11 is 0. The second-order valence-electron chi connectivity index (χ2n) is 5.86. The summed E-state index contributed by atoms with van der Waals surface area (Å²) in [5, 5.41) is 13.3. The van der Waals surface area contributed by atoms with E-state index >= 15 is 0 Å². The summed E-state index contributed by atoms with van der Waals surface area (Å²) < 4.78 is 0. The lowest BCUT2D eigenvalue weighted by molar-refractivity contribution is 0.102. The lowest BCUT2D eigenvalue weighted by Crippen LogP contribution is -2.12. The predicted octanol–water partition coefficient (Wildman–Crippen LogP) is 3.23. The van der Waals surface area contributed by atoms with Gasteiger partial charge in [-0.25, -0.2) is 15.0 Å². The van der Waals surface area contributed by atoms with Gasteiger partial charge in [0.1, 0.15) is 29.2 Å². The van der Waals surface area contributed by atoms with Crippen LogP contribution in [-0.2, 0) is 0 Å². The fraction of sp³-hybridized carbons (Fsp3) is 0. The van der Waals surface area contributed by atoms with Crippen molar-refractivity contribution >= 4 is 28.4 Å². The van der Waals surface area contributed by atoms with E-state index in [0.717, 1.165) is 11.1 Å². The minimum absolute atomic E-state index is 0.0363. The number of aromatic nitrogens is 3. The first kappa shape index (κ1) is 16.5. The van der Waals surface area contributed by atoms with Crippen molar-refractivity contribution in [2.75, 3.05) is 11.1 Å². The number of phenols is 1. The second-order valence-corrected chi connectivity index (χ2v) is 5.86. The molecule has 0 saturated heterocycles. The van der Waals surface area contributed by atoms with Crippen LogP contribution >= 0.6 is 0 Å². The number of nitrogen functional groups attached to an aromatic ring is 1. The van der Waals surface area contributed by atoms with Crippen molar-refractivity contribution in [3.63, 3.8) is 0 Å². The molecule has 0 atom stereocenters. The number of hydrogen-bond donors (Lipinski definition) is 3. The quantitative estimate of drug-likeness (QED) is 0.519. The van der Waals surface area contributed by atoms with Gasteiger partial charge in [-0.1, -0.05) is 18.2 Å². The highest BCUT2D eigenvalue weighted by atomic mass is 16.3. The summed E-state index contributed by atoms with van der Waals surface area (Å²) in [6.07, 6.45) is 2.92. The molecule has 7 nitrogen and oxygen atoms in total. The number of nitrogens with zero attached hydrogens (tertiary/aromatic N) is 3. The third-order valence-electron chi connectivity index (χ3n) is 4.16. The summed E-state index contributed by atoms with van der Waals surface area (Å²) in [5.74, 6) is 0.553. The number of nitrogens with two attached hydrogens (primary N) is 1. The number of rotatable bonds is 3. The average Bonchev–Trinajstić information content (AvgIpc) is 2.70. The number of phenolic OH excluding ortho intramolecular Hbond substituents is 1. The Labute approximate surface area is 154 Å². The Bertz CT molecular complexity index is 1130. The minimum Gasteiger partial charge on any atom is -0.506 e. The van der Waals surface area contributed by atoms with Crippen LogP contribution in [0.1, 0.15) is 10.4 Å². The molecule has 2 aromatic carbocycles. The largest absolute Gasteiger partial charge is 0.506 e. The number of nitrogens with one attached hydrogen (secondary N) is 1. The van der Waals surface area contributed by atoms with E-state index in [0.29, 0.717) is 22.3 Å². The van der Waals surface area contributed by atoms with Crippen LogP contribution in [0, 0.1) is 0 Å². The van der Waals surface area contributed by atoms with Crippen LogP contribution in [-0.4, -0.2) is 26.0 Å². The molecule has 0 saturated carbocycles. The fourth-order valence-corrected chi connectivity index (χ4v) is 2.85. The number of pyridine rings is 1. The third kappa shape index (κ3) is 3.13. The smallest absolute Gasteiger partial charge is 0.256 e. The van der Waals surface area contributed by atoms with Crippen LogP contribution in [0.3, 0.4) is 0 Å². The molecule has 0 bridgehead atoms. The first-order valence-corrected chi connectivity index (χ1v) is 8.18. The lowest BCUT2D eigenvalue weighted by atomic mass is 9.99. The van der Waals surface area contributed by atoms with E-state index in [-0.39, 0.29) is 17.5 Å². The predicted molar refractivity (Wildman–Crippen MR) is 103 cm³/mol. The molecular weight excluding hydrogens is 342 g/mol. The number of hydrogen-bond acceptors (Lipinski definition) is 6. The maximum Gasteiger partial charge on any atom is 0.256 e. The van der Waals surface area contributed by atoms with Gasteiger partial charge >= 0.3 is 0 Å². The Hall–Kier alpha value is -4.00. The van der Waals surface area contributed by atoms with Crippen LogP contribution in [0.15, 0.2) is 67.1 Å². The molecule has 0 unspecified atom stereocenters. The van der Waals surface area contributed by atoms with E-state index in [2.05, 4.69) is 20.3 Å². The Morgan fingerprint density at radius 1 is 0.963 bits per heavy atom. The molecule has 1 amide bonds. The Balaban J connectivity index is 1.68. The number of carbonyl (C=O) groups is 1. The molecule has 7 heteroatoms. The molecule has 0 radical (unpaired) electrons. The molecule has 2 heterocycles. The number of anilines is 2. The SMILES string of the molecule is Nc1ncnc2c(O)ccc(-c3ccc(C(=O)Nc4ccccn4)cc3)c12. The van der Waals surface area contributed by atoms with Crippen molar-refractivity contribution in [2.45, 2.75) is 0 Å². The highest BCUT2D eigenvalue weighted by Gasteiger charge is 2.13. The molecule has 0 aliphatic heterocycles. The molecule has 132 valence electrons. The van der Waals surface area contributed by atoms with Crippen molar-refractivity contribution in [1.82, 2.24) is 15.0 Å². The van der Waals surface area contributed by atoms with Gasteiger partial charge in [-0.2, -0.15) is 0 Å². The summed E-state index contributed by atoms with van der Waals surface area (Å²) in [5.41, 5.74) is 8.48. The van der Waals surface area contributed by atoms with Crippen molar-refractivity contribution in [1.29, 1.82) is 0 Å². The summed E-state index contributed by atoms with van der Waals surface area (Å²) in [7, 11) is 0. The number of amides is 1. The van der Waals surface area contributed by atoms with Crippen molar-refractivity contribution < 1.29 is 9.90 Å². The zero-order valence-corrected chi connectivity index (χ0v) is 14.1. The van der Waals surface area contributed by atoms with E-state index in [9.17, 15) is 9.90 Å². The molecule has 0 aliphatic carbocycles. The van der Waals surface area contributed by atoms with E-state index in [1.807, 2.05) is 12.1 Å². The van der Waals surface area contributed by atoms with Gasteiger partial charge < -0.3 is 16.2 Å². The Morgan fingerprint density at radius 2 is 1.78 bits per heavy atom. The standard InChI is InChI=1S/C20H15N5O2/c21-19-17-14(8-9-15(26)18(17)23-11-24-19)12-4-6-13(7-5-12)20(27)25-16-3-1-2-10-22-16/h1-11,26H,(H2,21,23,24)(H,22,25,27). The van der Waals surface area contributed by atoms with Crippen LogP contribution in [0.5, 0.6) is 5.75 Å². The molecule has 4 rings (SSSR count). The third-order valence-corrected chi connectivity index (χ3v) is 4.16. The summed E-state index contributed by atoms with van der Waals surface area (Å²) in [6.45, 7) is 0. The topological polar surface area (TPSA) is 114 Å². The van der Waals surface area contributed by atoms with Gasteiger partial charge in [-0.15, -0.1) is 0 Å². The Morgan fingerprint density at radius 3 is 2.52 bits per heavy atom. The van der Waals surface area contributed by atoms with Gasteiger partial charge in [0.25, 0.3) is 5.91 Å². The molecule has 4 aromatic rings. The maximum absolute atomic E-state index is 12.3. The van der Waals surface area contributed by atoms with E-state index in [4.69, 9.17) is 5.73 Å². The number of aromatic hydroxyl groups is 1. The Kier molecular flexibility index (Phi) is 4.10. The summed E-state index contributed by atoms with van der Waals surface area (Å²) in [4.78, 5) is 24.5. The van der Waals surface area contributed by atoms with E-state index in [1.165, 1.54) is 6.33 Å². The van der Waals surface area contributed by atoms with Crippen LogP contribution in [0.2, 0.25) is 0 Å². The van der Waals surface area contributed by atoms with Crippen molar-refractivity contribution in [2.24, 2.45) is 0 Å². The maximum atomic E-state index is 12.3. The first-order valence-electron chi connectivity index (χ1n) is 8.18. The van der Waals surface area contributed by atoms with Crippen molar-refractivity contribution in [3.05, 3.63) is 72.7 Å². The fourth-order valence-electron chi connectivity index (χ4n) is 2.85. The van der Waals surface area contributed by atoms with Crippen molar-refractivity contribution in [3.8, 4) is 16.9 Å². The molecule has 27 heavy (non-hydrogen) atoms. The summed E-state index contributed by atoms with van der Waals surface area (Å²) in [6, 6.07) is 15.7. The number of fused-ring (bicyclic) bond motifs is 1. The molecule has 0 fully saturated rings. The van der Waals surface area contributed by atoms with Gasteiger partial charge in [0.2, 0.25) is 0 Å². The molecule has 4 N–H and O–H groups in total. The van der Waals surface area contributed by atoms with Crippen LogP contribution < -0.4 is 11.1 Å². The molecular formula is C20H15N5O2. The number of carbonyl (C=O) groups excluding carboxylic acids is 1. The van der Waals surface area contributed by atoms with Gasteiger partial charge in [-0.05, 0) is 47.5 Å². The monoisotopic (exact) mass is 357 g/mol. The van der Waals surface area contributed by atoms with Gasteiger partial charge in [0, 0.05) is 11.8 Å². The van der Waals surface area contributed by atoms with E-state index in [1.54, 1.807) is 48.7 Å². The molecule has 0 aliphatic rings. The highest BCUT2D eigenvalue weighted by Crippen LogP contribution is 2.35. The lowest BCUT2D eigenvalue weighted by Gasteiger charge is -2.10. The van der Waals surface area contributed by atoms with Gasteiger partial charge in [0.05, 0.1) is 5.39 Å². The zero-order valence-electron chi connectivity index (χ0n) is 14.1. The van der Waals surface area contributed by atoms with Crippen LogP contribution in [0.4, 0.5) is 11.6 Å². The molecule has 2 aromatic heterocycles. The second kappa shape index (κ2) is 6.72. The first-order chi connectivity index (χ1) is 13.1. The van der Waals surface area contributed by atoms with Gasteiger partial charge in [-0.3, -0.25) is 4.79 Å². The van der Waals surface area contributed by atoms with E-state index < -0.39 is 0 Å².